The highest BCUT2D eigenvalue weighted by molar-refractivity contribution is 7.26. The molecule has 0 saturated heterocycles. The van der Waals surface area contributed by atoms with Crippen molar-refractivity contribution in [2.24, 2.45) is 7.05 Å². The minimum atomic E-state index is -4.61. The number of fused-ring (bicyclic) bond motifs is 5. The summed E-state index contributed by atoms with van der Waals surface area (Å²) in [6, 6.07) is 0.735. The molecule has 178 valence electrons. The van der Waals surface area contributed by atoms with E-state index in [0.29, 0.717) is 43.2 Å². The zero-order valence-corrected chi connectivity index (χ0v) is 20.0. The third kappa shape index (κ3) is 3.37. The maximum absolute atomic E-state index is 13.7. The van der Waals surface area contributed by atoms with Crippen molar-refractivity contribution in [3.63, 3.8) is 0 Å². The molecule has 0 bridgehead atoms. The normalized spacial score (nSPS) is 13.5. The summed E-state index contributed by atoms with van der Waals surface area (Å²) < 4.78 is 46.6. The van der Waals surface area contributed by atoms with Gasteiger partial charge in [-0.15, -0.1) is 16.4 Å². The molecule has 0 radical (unpaired) electrons. The number of aromatic nitrogens is 9. The van der Waals surface area contributed by atoms with E-state index in [1.165, 1.54) is 17.0 Å². The number of rotatable bonds is 3. The third-order valence-electron chi connectivity index (χ3n) is 5.94. The van der Waals surface area contributed by atoms with E-state index in [9.17, 15) is 13.2 Å². The molecule has 14 heteroatoms. The molecule has 6 aromatic heterocycles. The number of hydrogen-bond acceptors (Lipinski definition) is 7. The second-order valence-corrected chi connectivity index (χ2v) is 9.51. The summed E-state index contributed by atoms with van der Waals surface area (Å²) in [5.74, 6) is 0.462. The van der Waals surface area contributed by atoms with Crippen LogP contribution < -0.4 is 0 Å². The van der Waals surface area contributed by atoms with Gasteiger partial charge in [0.25, 0.3) is 0 Å². The van der Waals surface area contributed by atoms with Crippen molar-refractivity contribution in [3.8, 4) is 11.1 Å². The SMILES string of the molecule is Cc1c(-c2cc(C(F)(F)F)nc3sc4c(ncn5nc(C(C)n6cc(Cl)cn6)nc45)c23)cnn1C. The van der Waals surface area contributed by atoms with Gasteiger partial charge < -0.3 is 0 Å². The lowest BCUT2D eigenvalue weighted by molar-refractivity contribution is -0.140. The largest absolute Gasteiger partial charge is 0.433 e. The number of nitrogens with zero attached hydrogens (tertiary/aromatic N) is 9. The molecule has 9 nitrogen and oxygen atoms in total. The van der Waals surface area contributed by atoms with Crippen LogP contribution in [-0.2, 0) is 13.2 Å². The maximum atomic E-state index is 13.7. The zero-order chi connectivity index (χ0) is 24.6. The predicted molar refractivity (Wildman–Crippen MR) is 124 cm³/mol. The van der Waals surface area contributed by atoms with Crippen LogP contribution in [-0.4, -0.2) is 44.1 Å². The van der Waals surface area contributed by atoms with E-state index in [0.717, 1.165) is 23.1 Å². The summed E-state index contributed by atoms with van der Waals surface area (Å²) in [5, 5.41) is 13.9. The van der Waals surface area contributed by atoms with Crippen LogP contribution in [0.2, 0.25) is 5.02 Å². The fourth-order valence-corrected chi connectivity index (χ4v) is 5.26. The Hall–Kier alpha value is -3.58. The number of hydrogen-bond donors (Lipinski definition) is 0. The molecular weight excluding hydrogens is 503 g/mol. The van der Waals surface area contributed by atoms with Crippen LogP contribution in [0.25, 0.3) is 37.2 Å². The lowest BCUT2D eigenvalue weighted by atomic mass is 10.0. The van der Waals surface area contributed by atoms with Gasteiger partial charge in [-0.05, 0) is 25.5 Å². The van der Waals surface area contributed by atoms with Gasteiger partial charge in [-0.2, -0.15) is 23.4 Å². The molecule has 1 atom stereocenters. The van der Waals surface area contributed by atoms with Gasteiger partial charge in [0, 0.05) is 29.9 Å². The Morgan fingerprint density at radius 1 is 1.11 bits per heavy atom. The quantitative estimate of drug-likeness (QED) is 0.325. The number of alkyl halides is 3. The standard InChI is InChI=1S/C21H15ClF3N9S/c1-9-13(6-27-32(9)3)12-4-14(21(23,24)25)29-20-15(12)16-17(35-20)19-30-18(31-34(19)8-26-16)10(2)33-7-11(22)5-28-33/h4-8,10H,1-3H3. The van der Waals surface area contributed by atoms with Gasteiger partial charge in [-0.25, -0.2) is 19.5 Å². The molecular formula is C21H15ClF3N9S. The van der Waals surface area contributed by atoms with Crippen molar-refractivity contribution in [1.29, 1.82) is 0 Å². The predicted octanol–water partition coefficient (Wildman–Crippen LogP) is 5.07. The third-order valence-corrected chi connectivity index (χ3v) is 7.20. The molecule has 0 N–H and O–H groups in total. The van der Waals surface area contributed by atoms with E-state index < -0.39 is 11.9 Å². The highest BCUT2D eigenvalue weighted by Gasteiger charge is 2.35. The summed E-state index contributed by atoms with van der Waals surface area (Å²) in [7, 11) is 1.74. The molecule has 0 amide bonds. The molecule has 0 aliphatic carbocycles. The van der Waals surface area contributed by atoms with Gasteiger partial charge in [-0.1, -0.05) is 11.6 Å². The lowest BCUT2D eigenvalue weighted by Crippen LogP contribution is -2.09. The monoisotopic (exact) mass is 517 g/mol. The van der Waals surface area contributed by atoms with Crippen molar-refractivity contribution < 1.29 is 13.2 Å². The molecule has 35 heavy (non-hydrogen) atoms. The molecule has 0 aromatic carbocycles. The molecule has 0 spiro atoms. The first kappa shape index (κ1) is 21.9. The summed E-state index contributed by atoms with van der Waals surface area (Å²) in [6.45, 7) is 3.67. The zero-order valence-electron chi connectivity index (χ0n) is 18.4. The van der Waals surface area contributed by atoms with Crippen LogP contribution in [0.4, 0.5) is 13.2 Å². The molecule has 0 saturated carbocycles. The number of aryl methyl sites for hydroxylation is 1. The molecule has 0 aliphatic heterocycles. The van der Waals surface area contributed by atoms with E-state index in [1.807, 2.05) is 6.92 Å². The molecule has 0 aliphatic rings. The van der Waals surface area contributed by atoms with Gasteiger partial charge in [-0.3, -0.25) is 9.36 Å². The van der Waals surface area contributed by atoms with Crippen LogP contribution in [0, 0.1) is 6.92 Å². The summed E-state index contributed by atoms with van der Waals surface area (Å²) in [4.78, 5) is 13.4. The average Bonchev–Trinajstić information content (AvgIpc) is 3.57. The Labute approximate surface area is 203 Å². The van der Waals surface area contributed by atoms with Crippen molar-refractivity contribution in [1.82, 2.24) is 44.1 Å². The number of pyridine rings is 1. The molecule has 6 aromatic rings. The Kier molecular flexibility index (Phi) is 4.67. The number of thiophene rings is 1. The molecule has 6 heterocycles. The fourth-order valence-electron chi connectivity index (χ4n) is 3.99. The maximum Gasteiger partial charge on any atom is 0.433 e. The summed E-state index contributed by atoms with van der Waals surface area (Å²) in [6.07, 6.45) is 1.63. The van der Waals surface area contributed by atoms with Crippen molar-refractivity contribution in [3.05, 3.63) is 53.2 Å². The topological polar surface area (TPSA) is 91.6 Å². The Balaban J connectivity index is 1.63. The minimum Gasteiger partial charge on any atom is -0.272 e. The van der Waals surface area contributed by atoms with E-state index in [2.05, 4.69) is 30.2 Å². The van der Waals surface area contributed by atoms with E-state index >= 15 is 0 Å². The highest BCUT2D eigenvalue weighted by atomic mass is 35.5. The van der Waals surface area contributed by atoms with Gasteiger partial charge in [0.2, 0.25) is 0 Å². The van der Waals surface area contributed by atoms with Crippen molar-refractivity contribution in [2.45, 2.75) is 26.1 Å². The second kappa shape index (κ2) is 7.46. The highest BCUT2D eigenvalue weighted by Crippen LogP contribution is 2.43. The lowest BCUT2D eigenvalue weighted by Gasteiger charge is -2.10. The number of halogens is 4. The molecule has 1 unspecified atom stereocenters. The summed E-state index contributed by atoms with van der Waals surface area (Å²) >= 11 is 7.09. The van der Waals surface area contributed by atoms with Crippen LogP contribution >= 0.6 is 22.9 Å². The van der Waals surface area contributed by atoms with Gasteiger partial charge in [0.1, 0.15) is 27.6 Å². The van der Waals surface area contributed by atoms with E-state index in [4.69, 9.17) is 11.6 Å². The van der Waals surface area contributed by atoms with Gasteiger partial charge in [0.05, 0.1) is 22.9 Å². The van der Waals surface area contributed by atoms with Crippen molar-refractivity contribution >= 4 is 49.0 Å². The molecule has 0 fully saturated rings. The molecule has 6 rings (SSSR count). The summed E-state index contributed by atoms with van der Waals surface area (Å²) in [5.41, 5.74) is 1.68. The van der Waals surface area contributed by atoms with Crippen LogP contribution in [0.15, 0.2) is 31.0 Å². The smallest absolute Gasteiger partial charge is 0.272 e. The minimum absolute atomic E-state index is 0.213. The van der Waals surface area contributed by atoms with Crippen LogP contribution in [0.1, 0.15) is 30.2 Å². The van der Waals surface area contributed by atoms with Gasteiger partial charge >= 0.3 is 6.18 Å². The Morgan fingerprint density at radius 2 is 1.91 bits per heavy atom. The van der Waals surface area contributed by atoms with E-state index in [-0.39, 0.29) is 10.9 Å². The second-order valence-electron chi connectivity index (χ2n) is 8.08. The average molecular weight is 518 g/mol. The fraction of sp³-hybridized carbons (Fsp3) is 0.238. The first-order chi connectivity index (χ1) is 16.6. The van der Waals surface area contributed by atoms with Gasteiger partial charge in [0.15, 0.2) is 11.5 Å². The van der Waals surface area contributed by atoms with Crippen LogP contribution in [0.5, 0.6) is 0 Å². The Bertz CT molecular complexity index is 1760. The van der Waals surface area contributed by atoms with E-state index in [1.54, 1.807) is 35.7 Å². The Morgan fingerprint density at radius 3 is 2.57 bits per heavy atom. The van der Waals surface area contributed by atoms with Crippen molar-refractivity contribution in [2.75, 3.05) is 0 Å². The van der Waals surface area contributed by atoms with Crippen LogP contribution in [0.3, 0.4) is 0 Å². The first-order valence-corrected chi connectivity index (χ1v) is 11.6. The first-order valence-electron chi connectivity index (χ1n) is 10.4.